The summed E-state index contributed by atoms with van der Waals surface area (Å²) in [4.78, 5) is 2.44. The fraction of sp³-hybridized carbons (Fsp3) is 1.00. The summed E-state index contributed by atoms with van der Waals surface area (Å²) in [6.45, 7) is 10.5. The SMILES string of the molecule is CCOCCN(CCCCCCCl)CCOCC. The van der Waals surface area contributed by atoms with Crippen LogP contribution < -0.4 is 0 Å². The third-order valence-corrected chi connectivity index (χ3v) is 3.14. The first-order chi connectivity index (χ1) is 8.85. The molecule has 0 saturated carbocycles. The Bertz CT molecular complexity index is 149. The van der Waals surface area contributed by atoms with Gasteiger partial charge in [0.1, 0.15) is 0 Å². The molecule has 0 aromatic rings. The Hall–Kier alpha value is 0.170. The molecular weight excluding hydrogens is 250 g/mol. The predicted molar refractivity (Wildman–Crippen MR) is 78.6 cm³/mol. The van der Waals surface area contributed by atoms with Crippen molar-refractivity contribution >= 4 is 11.6 Å². The summed E-state index contributed by atoms with van der Waals surface area (Å²) in [5.74, 6) is 0.790. The van der Waals surface area contributed by atoms with Crippen molar-refractivity contribution in [3.8, 4) is 0 Å². The summed E-state index contributed by atoms with van der Waals surface area (Å²) in [6, 6.07) is 0. The quantitative estimate of drug-likeness (QED) is 0.360. The van der Waals surface area contributed by atoms with Crippen molar-refractivity contribution in [2.45, 2.75) is 39.5 Å². The van der Waals surface area contributed by atoms with Gasteiger partial charge in [0, 0.05) is 32.2 Å². The van der Waals surface area contributed by atoms with Gasteiger partial charge >= 0.3 is 0 Å². The van der Waals surface area contributed by atoms with Crippen LogP contribution in [0, 0.1) is 0 Å². The van der Waals surface area contributed by atoms with Crippen molar-refractivity contribution in [3.05, 3.63) is 0 Å². The van der Waals surface area contributed by atoms with Crippen molar-refractivity contribution < 1.29 is 9.47 Å². The summed E-state index contributed by atoms with van der Waals surface area (Å²) < 4.78 is 10.8. The van der Waals surface area contributed by atoms with E-state index in [0.717, 1.165) is 58.4 Å². The molecule has 0 aliphatic rings. The lowest BCUT2D eigenvalue weighted by atomic mass is 10.2. The predicted octanol–water partition coefficient (Wildman–Crippen LogP) is 3.16. The minimum Gasteiger partial charge on any atom is -0.380 e. The molecule has 0 aliphatic carbocycles. The number of halogens is 1. The lowest BCUT2D eigenvalue weighted by molar-refractivity contribution is 0.0820. The molecule has 0 N–H and O–H groups in total. The van der Waals surface area contributed by atoms with Gasteiger partial charge in [-0.05, 0) is 33.2 Å². The van der Waals surface area contributed by atoms with Crippen molar-refractivity contribution in [2.75, 3.05) is 51.9 Å². The summed E-state index contributed by atoms with van der Waals surface area (Å²) in [5.41, 5.74) is 0. The Morgan fingerprint density at radius 1 is 0.778 bits per heavy atom. The van der Waals surface area contributed by atoms with Crippen LogP contribution in [0.15, 0.2) is 0 Å². The first-order valence-corrected chi connectivity index (χ1v) is 7.82. The molecule has 0 aromatic carbocycles. The maximum absolute atomic E-state index is 5.67. The second-order valence-electron chi connectivity index (χ2n) is 4.34. The molecule has 0 bridgehead atoms. The Morgan fingerprint density at radius 3 is 1.83 bits per heavy atom. The number of ether oxygens (including phenoxy) is 2. The number of alkyl halides is 1. The van der Waals surface area contributed by atoms with Crippen LogP contribution in [-0.4, -0.2) is 56.8 Å². The second-order valence-corrected chi connectivity index (χ2v) is 4.72. The van der Waals surface area contributed by atoms with Gasteiger partial charge < -0.3 is 9.47 Å². The van der Waals surface area contributed by atoms with Gasteiger partial charge in [-0.3, -0.25) is 4.90 Å². The Kier molecular flexibility index (Phi) is 15.4. The van der Waals surface area contributed by atoms with E-state index in [1.54, 1.807) is 0 Å². The Balaban J connectivity index is 3.60. The Labute approximate surface area is 118 Å². The van der Waals surface area contributed by atoms with Crippen LogP contribution in [0.4, 0.5) is 0 Å². The molecule has 0 rings (SSSR count). The average Bonchev–Trinajstić information content (AvgIpc) is 2.38. The van der Waals surface area contributed by atoms with E-state index in [9.17, 15) is 0 Å². The maximum atomic E-state index is 5.67. The first kappa shape index (κ1) is 18.2. The molecule has 0 unspecified atom stereocenters. The van der Waals surface area contributed by atoms with Crippen LogP contribution in [0.2, 0.25) is 0 Å². The van der Waals surface area contributed by atoms with E-state index in [4.69, 9.17) is 21.1 Å². The van der Waals surface area contributed by atoms with Crippen molar-refractivity contribution in [3.63, 3.8) is 0 Å². The van der Waals surface area contributed by atoms with E-state index in [2.05, 4.69) is 4.90 Å². The van der Waals surface area contributed by atoms with E-state index in [-0.39, 0.29) is 0 Å². The highest BCUT2D eigenvalue weighted by molar-refractivity contribution is 6.17. The zero-order valence-corrected chi connectivity index (χ0v) is 12.9. The summed E-state index contributed by atoms with van der Waals surface area (Å²) >= 11 is 5.67. The fourth-order valence-corrected chi connectivity index (χ4v) is 1.98. The minimum atomic E-state index is 0.790. The molecule has 0 spiro atoms. The highest BCUT2D eigenvalue weighted by atomic mass is 35.5. The van der Waals surface area contributed by atoms with Crippen LogP contribution in [0.1, 0.15) is 39.5 Å². The lowest BCUT2D eigenvalue weighted by Gasteiger charge is -2.22. The molecule has 0 heterocycles. The van der Waals surface area contributed by atoms with Gasteiger partial charge in [0.05, 0.1) is 13.2 Å². The average molecular weight is 280 g/mol. The van der Waals surface area contributed by atoms with Gasteiger partial charge in [-0.2, -0.15) is 0 Å². The van der Waals surface area contributed by atoms with E-state index >= 15 is 0 Å². The first-order valence-electron chi connectivity index (χ1n) is 7.28. The normalized spacial score (nSPS) is 11.3. The minimum absolute atomic E-state index is 0.790. The molecule has 0 atom stereocenters. The Morgan fingerprint density at radius 2 is 1.33 bits per heavy atom. The van der Waals surface area contributed by atoms with Gasteiger partial charge in [-0.15, -0.1) is 11.6 Å². The molecule has 0 aromatic heterocycles. The molecule has 18 heavy (non-hydrogen) atoms. The topological polar surface area (TPSA) is 21.7 Å². The van der Waals surface area contributed by atoms with Crippen LogP contribution in [0.25, 0.3) is 0 Å². The highest BCUT2D eigenvalue weighted by Gasteiger charge is 2.04. The highest BCUT2D eigenvalue weighted by Crippen LogP contribution is 2.03. The van der Waals surface area contributed by atoms with Crippen LogP contribution in [0.3, 0.4) is 0 Å². The van der Waals surface area contributed by atoms with Gasteiger partial charge in [0.15, 0.2) is 0 Å². The molecule has 4 heteroatoms. The van der Waals surface area contributed by atoms with E-state index in [0.29, 0.717) is 0 Å². The molecule has 0 saturated heterocycles. The summed E-state index contributed by atoms with van der Waals surface area (Å²) in [6.07, 6.45) is 4.90. The fourth-order valence-electron chi connectivity index (χ4n) is 1.79. The number of rotatable bonds is 14. The monoisotopic (exact) mass is 279 g/mol. The zero-order chi connectivity index (χ0) is 13.5. The number of unbranched alkanes of at least 4 members (excludes halogenated alkanes) is 3. The third kappa shape index (κ3) is 12.6. The van der Waals surface area contributed by atoms with Crippen LogP contribution in [0.5, 0.6) is 0 Å². The van der Waals surface area contributed by atoms with Crippen molar-refractivity contribution in [2.24, 2.45) is 0 Å². The second kappa shape index (κ2) is 15.2. The number of nitrogens with zero attached hydrogens (tertiary/aromatic N) is 1. The van der Waals surface area contributed by atoms with E-state index in [1.165, 1.54) is 19.3 Å². The molecule has 0 radical (unpaired) electrons. The van der Waals surface area contributed by atoms with Crippen molar-refractivity contribution in [1.29, 1.82) is 0 Å². The zero-order valence-electron chi connectivity index (χ0n) is 12.1. The van der Waals surface area contributed by atoms with Crippen molar-refractivity contribution in [1.82, 2.24) is 4.90 Å². The van der Waals surface area contributed by atoms with Crippen LogP contribution >= 0.6 is 11.6 Å². The van der Waals surface area contributed by atoms with Gasteiger partial charge in [0.25, 0.3) is 0 Å². The summed E-state index contributed by atoms with van der Waals surface area (Å²) in [5, 5.41) is 0. The van der Waals surface area contributed by atoms with Crippen LogP contribution in [-0.2, 0) is 9.47 Å². The molecule has 0 amide bonds. The van der Waals surface area contributed by atoms with Gasteiger partial charge in [-0.1, -0.05) is 12.8 Å². The number of hydrogen-bond donors (Lipinski definition) is 0. The smallest absolute Gasteiger partial charge is 0.0593 e. The standard InChI is InChI=1S/C14H30ClNO2/c1-3-17-13-11-16(12-14-18-4-2)10-8-6-5-7-9-15/h3-14H2,1-2H3. The maximum Gasteiger partial charge on any atom is 0.0593 e. The molecule has 3 nitrogen and oxygen atoms in total. The third-order valence-electron chi connectivity index (χ3n) is 2.87. The van der Waals surface area contributed by atoms with E-state index < -0.39 is 0 Å². The summed E-state index contributed by atoms with van der Waals surface area (Å²) in [7, 11) is 0. The molecule has 0 aliphatic heterocycles. The van der Waals surface area contributed by atoms with E-state index in [1.807, 2.05) is 13.8 Å². The molecule has 0 fully saturated rings. The largest absolute Gasteiger partial charge is 0.380 e. The number of hydrogen-bond acceptors (Lipinski definition) is 3. The lowest BCUT2D eigenvalue weighted by Crippen LogP contribution is -2.32. The molecular formula is C14H30ClNO2. The van der Waals surface area contributed by atoms with Gasteiger partial charge in [0.2, 0.25) is 0 Å². The molecule has 110 valence electrons. The van der Waals surface area contributed by atoms with Gasteiger partial charge in [-0.25, -0.2) is 0 Å².